The molecule has 0 aromatic heterocycles. The molecule has 0 amide bonds. The highest BCUT2D eigenvalue weighted by Crippen LogP contribution is 2.22. The molecule has 0 saturated heterocycles. The summed E-state index contributed by atoms with van der Waals surface area (Å²) >= 11 is 5.44. The van der Waals surface area contributed by atoms with Crippen LogP contribution in [0.3, 0.4) is 0 Å². The molecule has 1 aromatic rings. The third-order valence-electron chi connectivity index (χ3n) is 2.02. The molecule has 0 saturated carbocycles. The molecule has 1 aromatic carbocycles. The highest BCUT2D eigenvalue weighted by atomic mass is 35.5. The molecular formula is C11H13ClO. The van der Waals surface area contributed by atoms with Gasteiger partial charge in [0.2, 0.25) is 0 Å². The van der Waals surface area contributed by atoms with E-state index in [1.807, 2.05) is 37.3 Å². The molecule has 0 spiro atoms. The summed E-state index contributed by atoms with van der Waals surface area (Å²) in [6.45, 7) is 1.93. The van der Waals surface area contributed by atoms with Crippen LogP contribution in [0.15, 0.2) is 41.9 Å². The van der Waals surface area contributed by atoms with Gasteiger partial charge < -0.3 is 5.11 Å². The lowest BCUT2D eigenvalue weighted by atomic mass is 9.98. The summed E-state index contributed by atoms with van der Waals surface area (Å²) in [4.78, 5) is 0. The van der Waals surface area contributed by atoms with E-state index >= 15 is 0 Å². The SMILES string of the molecule is C[C@@H](/C=C\Cl)[C@H](O)c1ccccc1. The fourth-order valence-electron chi connectivity index (χ4n) is 1.17. The number of aliphatic hydroxyl groups excluding tert-OH is 1. The zero-order valence-electron chi connectivity index (χ0n) is 7.52. The monoisotopic (exact) mass is 196 g/mol. The number of aliphatic hydroxyl groups is 1. The van der Waals surface area contributed by atoms with Crippen LogP contribution < -0.4 is 0 Å². The smallest absolute Gasteiger partial charge is 0.0850 e. The van der Waals surface area contributed by atoms with Gasteiger partial charge in [0, 0.05) is 11.5 Å². The highest BCUT2D eigenvalue weighted by molar-refractivity contribution is 6.25. The Hall–Kier alpha value is -0.790. The molecule has 0 unspecified atom stereocenters. The van der Waals surface area contributed by atoms with Crippen molar-refractivity contribution in [3.05, 3.63) is 47.5 Å². The summed E-state index contributed by atoms with van der Waals surface area (Å²) in [5, 5.41) is 9.81. The van der Waals surface area contributed by atoms with Gasteiger partial charge >= 0.3 is 0 Å². The van der Waals surface area contributed by atoms with Crippen LogP contribution in [0.5, 0.6) is 0 Å². The largest absolute Gasteiger partial charge is 0.388 e. The predicted octanol–water partition coefficient (Wildman–Crippen LogP) is 3.11. The number of hydrogen-bond acceptors (Lipinski definition) is 1. The topological polar surface area (TPSA) is 20.2 Å². The first-order chi connectivity index (χ1) is 6.25. The fourth-order valence-corrected chi connectivity index (χ4v) is 1.40. The van der Waals surface area contributed by atoms with Gasteiger partial charge in [-0.1, -0.05) is 54.9 Å². The minimum absolute atomic E-state index is 0.0416. The van der Waals surface area contributed by atoms with Gasteiger partial charge in [-0.3, -0.25) is 0 Å². The molecule has 0 aliphatic carbocycles. The number of halogens is 1. The third-order valence-corrected chi connectivity index (χ3v) is 2.16. The zero-order chi connectivity index (χ0) is 9.68. The standard InChI is InChI=1S/C11H13ClO/c1-9(7-8-12)11(13)10-5-3-2-4-6-10/h2-9,11,13H,1H3/b8-7-/t9-,11-/m0/s1. The van der Waals surface area contributed by atoms with Crippen LogP contribution >= 0.6 is 11.6 Å². The molecule has 0 heterocycles. The van der Waals surface area contributed by atoms with Gasteiger partial charge in [0.1, 0.15) is 0 Å². The Kier molecular flexibility index (Phi) is 4.00. The lowest BCUT2D eigenvalue weighted by Crippen LogP contribution is -2.05. The number of rotatable bonds is 3. The first-order valence-corrected chi connectivity index (χ1v) is 4.69. The molecule has 1 N–H and O–H groups in total. The van der Waals surface area contributed by atoms with Crippen molar-refractivity contribution in [3.63, 3.8) is 0 Å². The van der Waals surface area contributed by atoms with E-state index in [2.05, 4.69) is 0 Å². The molecule has 0 bridgehead atoms. The zero-order valence-corrected chi connectivity index (χ0v) is 8.28. The van der Waals surface area contributed by atoms with Crippen molar-refractivity contribution >= 4 is 11.6 Å². The molecular weight excluding hydrogens is 184 g/mol. The molecule has 0 radical (unpaired) electrons. The van der Waals surface area contributed by atoms with Crippen molar-refractivity contribution < 1.29 is 5.11 Å². The van der Waals surface area contributed by atoms with E-state index in [0.29, 0.717) is 0 Å². The quantitative estimate of drug-likeness (QED) is 0.788. The van der Waals surface area contributed by atoms with Crippen LogP contribution in [0, 0.1) is 5.92 Å². The van der Waals surface area contributed by atoms with E-state index in [-0.39, 0.29) is 5.92 Å². The van der Waals surface area contributed by atoms with E-state index < -0.39 is 6.10 Å². The molecule has 1 nitrogen and oxygen atoms in total. The maximum Gasteiger partial charge on any atom is 0.0850 e. The normalized spacial score (nSPS) is 15.9. The van der Waals surface area contributed by atoms with Crippen LogP contribution in [0.2, 0.25) is 0 Å². The van der Waals surface area contributed by atoms with E-state index in [4.69, 9.17) is 11.6 Å². The molecule has 0 fully saturated rings. The fraction of sp³-hybridized carbons (Fsp3) is 0.273. The Morgan fingerprint density at radius 2 is 1.92 bits per heavy atom. The summed E-state index contributed by atoms with van der Waals surface area (Å²) in [7, 11) is 0. The first kappa shape index (κ1) is 10.3. The Morgan fingerprint density at radius 1 is 1.31 bits per heavy atom. The second-order valence-corrected chi connectivity index (χ2v) is 3.29. The average Bonchev–Trinajstić information content (AvgIpc) is 2.18. The Bertz CT molecular complexity index is 269. The van der Waals surface area contributed by atoms with Crippen molar-refractivity contribution in [2.45, 2.75) is 13.0 Å². The van der Waals surface area contributed by atoms with Crippen molar-refractivity contribution in [1.29, 1.82) is 0 Å². The van der Waals surface area contributed by atoms with Crippen LogP contribution in [-0.2, 0) is 0 Å². The molecule has 2 atom stereocenters. The first-order valence-electron chi connectivity index (χ1n) is 4.25. The second-order valence-electron chi connectivity index (χ2n) is 3.03. The molecule has 1 rings (SSSR count). The van der Waals surface area contributed by atoms with Gasteiger partial charge in [0.15, 0.2) is 0 Å². The summed E-state index contributed by atoms with van der Waals surface area (Å²) in [5.41, 5.74) is 2.36. The van der Waals surface area contributed by atoms with Crippen LogP contribution in [0.4, 0.5) is 0 Å². The van der Waals surface area contributed by atoms with E-state index in [0.717, 1.165) is 5.56 Å². The maximum absolute atomic E-state index is 9.81. The minimum atomic E-state index is -0.476. The van der Waals surface area contributed by atoms with Gasteiger partial charge in [0.05, 0.1) is 6.10 Å². The third kappa shape index (κ3) is 2.87. The molecule has 2 heteroatoms. The Labute approximate surface area is 83.7 Å². The molecule has 0 aliphatic rings. The average molecular weight is 197 g/mol. The van der Waals surface area contributed by atoms with Crippen LogP contribution in [-0.4, -0.2) is 5.11 Å². The van der Waals surface area contributed by atoms with E-state index in [1.54, 1.807) is 6.08 Å². The molecule has 0 aliphatic heterocycles. The molecule has 70 valence electrons. The van der Waals surface area contributed by atoms with Crippen molar-refractivity contribution in [2.75, 3.05) is 0 Å². The maximum atomic E-state index is 9.81. The van der Waals surface area contributed by atoms with Gasteiger partial charge in [0.25, 0.3) is 0 Å². The highest BCUT2D eigenvalue weighted by Gasteiger charge is 2.12. The molecule has 13 heavy (non-hydrogen) atoms. The van der Waals surface area contributed by atoms with Crippen LogP contribution in [0.1, 0.15) is 18.6 Å². The second kappa shape index (κ2) is 5.05. The van der Waals surface area contributed by atoms with Crippen molar-refractivity contribution in [1.82, 2.24) is 0 Å². The van der Waals surface area contributed by atoms with Gasteiger partial charge in [-0.25, -0.2) is 0 Å². The Balaban J connectivity index is 2.73. The Morgan fingerprint density at radius 3 is 2.46 bits per heavy atom. The van der Waals surface area contributed by atoms with Crippen molar-refractivity contribution in [2.24, 2.45) is 5.92 Å². The van der Waals surface area contributed by atoms with Gasteiger partial charge in [-0.05, 0) is 5.56 Å². The van der Waals surface area contributed by atoms with Gasteiger partial charge in [-0.15, -0.1) is 0 Å². The van der Waals surface area contributed by atoms with Crippen LogP contribution in [0.25, 0.3) is 0 Å². The summed E-state index contributed by atoms with van der Waals surface area (Å²) in [5.74, 6) is 0.0416. The van der Waals surface area contributed by atoms with Crippen molar-refractivity contribution in [3.8, 4) is 0 Å². The summed E-state index contributed by atoms with van der Waals surface area (Å²) < 4.78 is 0. The van der Waals surface area contributed by atoms with Gasteiger partial charge in [-0.2, -0.15) is 0 Å². The van der Waals surface area contributed by atoms with E-state index in [1.165, 1.54) is 5.54 Å². The lowest BCUT2D eigenvalue weighted by molar-refractivity contribution is 0.140. The minimum Gasteiger partial charge on any atom is -0.388 e. The predicted molar refractivity (Wildman–Crippen MR) is 55.6 cm³/mol. The summed E-state index contributed by atoms with van der Waals surface area (Å²) in [6.07, 6.45) is 1.30. The lowest BCUT2D eigenvalue weighted by Gasteiger charge is -2.15. The number of hydrogen-bond donors (Lipinski definition) is 1. The summed E-state index contributed by atoms with van der Waals surface area (Å²) in [6, 6.07) is 9.57. The number of benzene rings is 1. The van der Waals surface area contributed by atoms with E-state index in [9.17, 15) is 5.11 Å².